The summed E-state index contributed by atoms with van der Waals surface area (Å²) in [5.74, 6) is 0. The molecule has 0 saturated carbocycles. The minimum Gasteiger partial charge on any atom is -0.355 e. The van der Waals surface area contributed by atoms with Crippen LogP contribution in [0.3, 0.4) is 0 Å². The monoisotopic (exact) mass is 303 g/mol. The van der Waals surface area contributed by atoms with Gasteiger partial charge in [-0.15, -0.1) is 0 Å². The lowest BCUT2D eigenvalue weighted by atomic mass is 10.2. The molecular formula is C21H37N. The van der Waals surface area contributed by atoms with Crippen LogP contribution < -0.4 is 5.32 Å². The van der Waals surface area contributed by atoms with Crippen LogP contribution >= 0.6 is 0 Å². The van der Waals surface area contributed by atoms with Gasteiger partial charge in [0.2, 0.25) is 0 Å². The number of benzene rings is 2. The molecule has 126 valence electrons. The van der Waals surface area contributed by atoms with Crippen LogP contribution in [-0.4, -0.2) is 0 Å². The van der Waals surface area contributed by atoms with Crippen molar-refractivity contribution in [2.75, 3.05) is 5.32 Å². The van der Waals surface area contributed by atoms with Crippen molar-refractivity contribution in [2.45, 2.75) is 62.3 Å². The average molecular weight is 304 g/mol. The van der Waals surface area contributed by atoms with E-state index in [9.17, 15) is 0 Å². The van der Waals surface area contributed by atoms with E-state index < -0.39 is 0 Å². The summed E-state index contributed by atoms with van der Waals surface area (Å²) in [6, 6.07) is 18.5. The molecule has 0 aromatic heterocycles. The van der Waals surface area contributed by atoms with Crippen molar-refractivity contribution in [3.05, 3.63) is 60.2 Å². The maximum absolute atomic E-state index is 3.37. The molecule has 22 heavy (non-hydrogen) atoms. The molecule has 1 N–H and O–H groups in total. The molecule has 0 aliphatic rings. The molecule has 0 aliphatic carbocycles. The van der Waals surface area contributed by atoms with Gasteiger partial charge in [0.05, 0.1) is 0 Å². The van der Waals surface area contributed by atoms with Crippen LogP contribution in [-0.2, 0) is 0 Å². The van der Waals surface area contributed by atoms with Crippen molar-refractivity contribution in [2.24, 2.45) is 0 Å². The van der Waals surface area contributed by atoms with Gasteiger partial charge in [-0.2, -0.15) is 0 Å². The fourth-order valence-corrected chi connectivity index (χ4v) is 1.39. The third kappa shape index (κ3) is 12.0. The summed E-state index contributed by atoms with van der Waals surface area (Å²) in [6.45, 7) is 18.1. The quantitative estimate of drug-likeness (QED) is 0.595. The first-order chi connectivity index (χ1) is 10.9. The van der Waals surface area contributed by atoms with Gasteiger partial charge in [0.25, 0.3) is 0 Å². The minimum atomic E-state index is 1.13. The van der Waals surface area contributed by atoms with E-state index in [1.807, 2.05) is 85.7 Å². The number of anilines is 2. The summed E-state index contributed by atoms with van der Waals surface area (Å²) in [7, 11) is 0. The summed E-state index contributed by atoms with van der Waals surface area (Å²) in [5.41, 5.74) is 3.55. The Morgan fingerprint density at radius 2 is 0.955 bits per heavy atom. The lowest BCUT2D eigenvalue weighted by molar-refractivity contribution is 1.43. The van der Waals surface area contributed by atoms with Crippen molar-refractivity contribution < 1.29 is 0 Å². The van der Waals surface area contributed by atoms with E-state index in [2.05, 4.69) is 36.5 Å². The zero-order valence-corrected chi connectivity index (χ0v) is 16.2. The molecule has 0 radical (unpaired) electrons. The number of para-hydroxylation sites is 2. The van der Waals surface area contributed by atoms with Crippen molar-refractivity contribution in [3.63, 3.8) is 0 Å². The third-order valence-electron chi connectivity index (χ3n) is 2.20. The molecule has 2 rings (SSSR count). The zero-order valence-electron chi connectivity index (χ0n) is 16.2. The van der Waals surface area contributed by atoms with Crippen LogP contribution in [0.5, 0.6) is 0 Å². The first-order valence-electron chi connectivity index (χ1n) is 8.74. The number of aryl methyl sites for hydroxylation is 1. The van der Waals surface area contributed by atoms with E-state index >= 15 is 0 Å². The second kappa shape index (κ2) is 21.5. The van der Waals surface area contributed by atoms with Gasteiger partial charge in [-0.3, -0.25) is 0 Å². The van der Waals surface area contributed by atoms with E-state index in [4.69, 9.17) is 0 Å². The van der Waals surface area contributed by atoms with Gasteiger partial charge < -0.3 is 5.32 Å². The summed E-state index contributed by atoms with van der Waals surface area (Å²) < 4.78 is 0. The van der Waals surface area contributed by atoms with Gasteiger partial charge in [-0.1, -0.05) is 91.8 Å². The van der Waals surface area contributed by atoms with E-state index in [-0.39, 0.29) is 0 Å². The Hall–Kier alpha value is -1.76. The lowest BCUT2D eigenvalue weighted by Gasteiger charge is -2.08. The normalized spacial score (nSPS) is 7.32. The Morgan fingerprint density at radius 3 is 1.41 bits per heavy atom. The van der Waals surface area contributed by atoms with Crippen LogP contribution in [0, 0.1) is 6.92 Å². The van der Waals surface area contributed by atoms with E-state index in [0.717, 1.165) is 5.69 Å². The van der Waals surface area contributed by atoms with Crippen molar-refractivity contribution in [1.82, 2.24) is 0 Å². The molecule has 0 fully saturated rings. The Bertz CT molecular complexity index is 407. The number of nitrogens with one attached hydrogen (secondary N) is 1. The van der Waals surface area contributed by atoms with Crippen LogP contribution in [0.15, 0.2) is 54.6 Å². The Labute approximate surface area is 139 Å². The molecule has 0 amide bonds. The largest absolute Gasteiger partial charge is 0.355 e. The molecule has 0 spiro atoms. The Balaban J connectivity index is -0.000000394. The van der Waals surface area contributed by atoms with Crippen molar-refractivity contribution >= 4 is 11.4 Å². The van der Waals surface area contributed by atoms with E-state index in [0.29, 0.717) is 0 Å². The van der Waals surface area contributed by atoms with Crippen LogP contribution in [0.2, 0.25) is 0 Å². The van der Waals surface area contributed by atoms with Gasteiger partial charge in [0.1, 0.15) is 0 Å². The first kappa shape index (κ1) is 25.2. The number of hydrogen-bond acceptors (Lipinski definition) is 1. The highest BCUT2D eigenvalue weighted by Crippen LogP contribution is 2.19. The van der Waals surface area contributed by atoms with Crippen molar-refractivity contribution in [3.8, 4) is 0 Å². The second-order valence-electron chi connectivity index (χ2n) is 3.31. The average Bonchev–Trinajstić information content (AvgIpc) is 2.65. The van der Waals surface area contributed by atoms with Crippen LogP contribution in [0.1, 0.15) is 61.0 Å². The molecule has 0 unspecified atom stereocenters. The Kier molecular flexibility index (Phi) is 24.7. The topological polar surface area (TPSA) is 12.0 Å². The maximum Gasteiger partial charge on any atom is 0.0413 e. The standard InChI is InChI=1S/C13H13N.4C2H6/c1-11-7-5-6-10-13(11)14-12-8-3-2-4-9-12;4*1-2/h2-10,14H,1H3;4*1-2H3. The molecule has 0 bridgehead atoms. The molecule has 2 aromatic carbocycles. The SMILES string of the molecule is CC.CC.CC.CC.Cc1ccccc1Nc1ccccc1. The molecular weight excluding hydrogens is 266 g/mol. The molecule has 0 heterocycles. The first-order valence-corrected chi connectivity index (χ1v) is 8.74. The maximum atomic E-state index is 3.37. The fourth-order valence-electron chi connectivity index (χ4n) is 1.39. The zero-order chi connectivity index (χ0) is 17.8. The Morgan fingerprint density at radius 1 is 0.545 bits per heavy atom. The third-order valence-corrected chi connectivity index (χ3v) is 2.20. The highest BCUT2D eigenvalue weighted by atomic mass is 14.9. The molecule has 0 atom stereocenters. The van der Waals surface area contributed by atoms with E-state index in [1.54, 1.807) is 0 Å². The van der Waals surface area contributed by atoms with Crippen molar-refractivity contribution in [1.29, 1.82) is 0 Å². The highest BCUT2D eigenvalue weighted by Gasteiger charge is 1.95. The summed E-state index contributed by atoms with van der Waals surface area (Å²) in [5, 5.41) is 3.37. The molecule has 0 saturated heterocycles. The fraction of sp³-hybridized carbons (Fsp3) is 0.429. The van der Waals surface area contributed by atoms with Gasteiger partial charge in [-0.05, 0) is 30.7 Å². The van der Waals surface area contributed by atoms with Gasteiger partial charge in [0.15, 0.2) is 0 Å². The predicted octanol–water partition coefficient (Wildman–Crippen LogP) is 7.84. The molecule has 0 aliphatic heterocycles. The molecule has 2 aromatic rings. The number of rotatable bonds is 2. The smallest absolute Gasteiger partial charge is 0.0413 e. The predicted molar refractivity (Wildman–Crippen MR) is 106 cm³/mol. The summed E-state index contributed by atoms with van der Waals surface area (Å²) in [6.07, 6.45) is 0. The minimum absolute atomic E-state index is 1.13. The molecule has 1 heteroatoms. The van der Waals surface area contributed by atoms with Gasteiger partial charge >= 0.3 is 0 Å². The summed E-state index contributed by atoms with van der Waals surface area (Å²) in [4.78, 5) is 0. The van der Waals surface area contributed by atoms with Crippen LogP contribution in [0.25, 0.3) is 0 Å². The lowest BCUT2D eigenvalue weighted by Crippen LogP contribution is -1.91. The van der Waals surface area contributed by atoms with Crippen LogP contribution in [0.4, 0.5) is 11.4 Å². The van der Waals surface area contributed by atoms with Gasteiger partial charge in [0, 0.05) is 11.4 Å². The van der Waals surface area contributed by atoms with Gasteiger partial charge in [-0.25, -0.2) is 0 Å². The second-order valence-corrected chi connectivity index (χ2v) is 3.31. The number of hydrogen-bond donors (Lipinski definition) is 1. The van der Waals surface area contributed by atoms with E-state index in [1.165, 1.54) is 11.3 Å². The summed E-state index contributed by atoms with van der Waals surface area (Å²) >= 11 is 0. The molecule has 1 nitrogen and oxygen atoms in total. The highest BCUT2D eigenvalue weighted by molar-refractivity contribution is 5.62.